The molecular weight excluding hydrogens is 310 g/mol. The maximum atomic E-state index is 5.81. The van der Waals surface area contributed by atoms with Gasteiger partial charge in [-0.2, -0.15) is 5.10 Å². The molecule has 2 aromatic heterocycles. The Morgan fingerprint density at radius 3 is 3.00 bits per heavy atom. The second-order valence-electron chi connectivity index (χ2n) is 3.95. The van der Waals surface area contributed by atoms with Gasteiger partial charge >= 0.3 is 0 Å². The molecule has 0 aliphatic carbocycles. The highest BCUT2D eigenvalue weighted by Gasteiger charge is 2.12. The van der Waals surface area contributed by atoms with Gasteiger partial charge < -0.3 is 10.5 Å². The first-order valence-electron chi connectivity index (χ1n) is 5.51. The van der Waals surface area contributed by atoms with Gasteiger partial charge in [0.15, 0.2) is 5.65 Å². The van der Waals surface area contributed by atoms with Gasteiger partial charge in [-0.05, 0) is 28.1 Å². The van der Waals surface area contributed by atoms with E-state index in [1.54, 1.807) is 16.9 Å². The van der Waals surface area contributed by atoms with Crippen molar-refractivity contribution in [1.29, 1.82) is 0 Å². The molecule has 0 radical (unpaired) electrons. The molecule has 0 saturated carbocycles. The highest BCUT2D eigenvalue weighted by Crippen LogP contribution is 2.34. The van der Waals surface area contributed by atoms with Crippen LogP contribution in [0.15, 0.2) is 35.2 Å². The van der Waals surface area contributed by atoms with E-state index in [-0.39, 0.29) is 0 Å². The molecule has 0 aliphatic heterocycles. The first-order valence-corrected chi connectivity index (χ1v) is 6.30. The Morgan fingerprint density at radius 2 is 2.16 bits per heavy atom. The number of ether oxygens (including phenoxy) is 1. The lowest BCUT2D eigenvalue weighted by molar-refractivity contribution is 0.465. The SMILES string of the molecule is Cn1ncc2c(Oc3cccc(N)c3Br)ncnc21. The largest absolute Gasteiger partial charge is 0.437 e. The summed E-state index contributed by atoms with van der Waals surface area (Å²) >= 11 is 3.39. The molecule has 6 nitrogen and oxygen atoms in total. The molecule has 3 rings (SSSR count). The fourth-order valence-electron chi connectivity index (χ4n) is 1.73. The lowest BCUT2D eigenvalue weighted by Crippen LogP contribution is -1.95. The number of nitrogens with two attached hydrogens (primary N) is 1. The fourth-order valence-corrected chi connectivity index (χ4v) is 2.08. The Balaban J connectivity index is 2.08. The van der Waals surface area contributed by atoms with Gasteiger partial charge in [-0.1, -0.05) is 6.07 Å². The van der Waals surface area contributed by atoms with E-state index in [1.165, 1.54) is 6.33 Å². The molecule has 0 spiro atoms. The van der Waals surface area contributed by atoms with Crippen LogP contribution >= 0.6 is 15.9 Å². The smallest absolute Gasteiger partial charge is 0.233 e. The van der Waals surface area contributed by atoms with Crippen LogP contribution < -0.4 is 10.5 Å². The number of aromatic nitrogens is 4. The zero-order valence-electron chi connectivity index (χ0n) is 10.0. The van der Waals surface area contributed by atoms with Crippen LogP contribution in [0.3, 0.4) is 0 Å². The molecule has 2 N–H and O–H groups in total. The number of rotatable bonds is 2. The molecule has 96 valence electrons. The highest BCUT2D eigenvalue weighted by atomic mass is 79.9. The third-order valence-electron chi connectivity index (χ3n) is 2.69. The third kappa shape index (κ3) is 2.01. The fraction of sp³-hybridized carbons (Fsp3) is 0.0833. The molecule has 19 heavy (non-hydrogen) atoms. The van der Waals surface area contributed by atoms with Crippen LogP contribution in [0.2, 0.25) is 0 Å². The van der Waals surface area contributed by atoms with E-state index in [2.05, 4.69) is 31.0 Å². The van der Waals surface area contributed by atoms with Crippen LogP contribution in [0.25, 0.3) is 11.0 Å². The van der Waals surface area contributed by atoms with Gasteiger partial charge in [0.1, 0.15) is 17.5 Å². The van der Waals surface area contributed by atoms with Crippen LogP contribution in [0, 0.1) is 0 Å². The molecule has 0 aliphatic rings. The summed E-state index contributed by atoms with van der Waals surface area (Å²) in [5.74, 6) is 1.05. The molecule has 0 amide bonds. The van der Waals surface area contributed by atoms with Crippen molar-refractivity contribution in [3.8, 4) is 11.6 Å². The lowest BCUT2D eigenvalue weighted by atomic mass is 10.3. The Hall–Kier alpha value is -2.15. The normalized spacial score (nSPS) is 10.8. The quantitative estimate of drug-likeness (QED) is 0.734. The molecule has 0 fully saturated rings. The predicted molar refractivity (Wildman–Crippen MR) is 74.9 cm³/mol. The van der Waals surface area contributed by atoms with Gasteiger partial charge in [0, 0.05) is 12.7 Å². The zero-order valence-corrected chi connectivity index (χ0v) is 11.6. The minimum Gasteiger partial charge on any atom is -0.437 e. The summed E-state index contributed by atoms with van der Waals surface area (Å²) in [6, 6.07) is 5.42. The molecule has 0 unspecified atom stereocenters. The van der Waals surface area contributed by atoms with Crippen molar-refractivity contribution in [3.63, 3.8) is 0 Å². The molecule has 0 bridgehead atoms. The van der Waals surface area contributed by atoms with E-state index in [0.29, 0.717) is 27.4 Å². The van der Waals surface area contributed by atoms with Gasteiger partial charge in [0.05, 0.1) is 10.7 Å². The maximum absolute atomic E-state index is 5.81. The Kier molecular flexibility index (Phi) is 2.83. The van der Waals surface area contributed by atoms with Crippen LogP contribution in [0.5, 0.6) is 11.6 Å². The lowest BCUT2D eigenvalue weighted by Gasteiger charge is -2.08. The van der Waals surface area contributed by atoms with Crippen LogP contribution in [0.4, 0.5) is 5.69 Å². The van der Waals surface area contributed by atoms with Crippen molar-refractivity contribution in [2.45, 2.75) is 0 Å². The van der Waals surface area contributed by atoms with Crippen molar-refractivity contribution in [2.24, 2.45) is 7.05 Å². The number of nitrogen functional groups attached to an aromatic ring is 1. The topological polar surface area (TPSA) is 78.9 Å². The summed E-state index contributed by atoms with van der Waals surface area (Å²) < 4.78 is 8.15. The second-order valence-corrected chi connectivity index (χ2v) is 4.74. The maximum Gasteiger partial charge on any atom is 0.233 e. The number of nitrogens with zero attached hydrogens (tertiary/aromatic N) is 4. The van der Waals surface area contributed by atoms with Crippen molar-refractivity contribution < 1.29 is 4.74 Å². The molecule has 1 aromatic carbocycles. The molecule has 7 heteroatoms. The Labute approximate surface area is 117 Å². The van der Waals surface area contributed by atoms with Gasteiger partial charge in [-0.25, -0.2) is 9.97 Å². The Morgan fingerprint density at radius 1 is 1.32 bits per heavy atom. The zero-order chi connectivity index (χ0) is 13.4. The number of anilines is 1. The van der Waals surface area contributed by atoms with E-state index in [1.807, 2.05) is 19.2 Å². The Bertz CT molecular complexity index is 755. The van der Waals surface area contributed by atoms with Crippen LogP contribution in [0.1, 0.15) is 0 Å². The minimum atomic E-state index is 0.449. The third-order valence-corrected chi connectivity index (χ3v) is 3.54. The summed E-state index contributed by atoms with van der Waals surface area (Å²) in [5, 5.41) is 4.89. The highest BCUT2D eigenvalue weighted by molar-refractivity contribution is 9.10. The van der Waals surface area contributed by atoms with Crippen molar-refractivity contribution in [3.05, 3.63) is 35.2 Å². The average molecular weight is 320 g/mol. The van der Waals surface area contributed by atoms with Crippen LogP contribution in [-0.4, -0.2) is 19.7 Å². The van der Waals surface area contributed by atoms with Gasteiger partial charge in [0.25, 0.3) is 0 Å². The van der Waals surface area contributed by atoms with E-state index in [0.717, 1.165) is 5.39 Å². The van der Waals surface area contributed by atoms with Gasteiger partial charge in [-0.15, -0.1) is 0 Å². The van der Waals surface area contributed by atoms with E-state index >= 15 is 0 Å². The molecule has 2 heterocycles. The van der Waals surface area contributed by atoms with Gasteiger partial charge in [0.2, 0.25) is 5.88 Å². The second kappa shape index (κ2) is 4.51. The number of hydrogen-bond donors (Lipinski definition) is 1. The number of hydrogen-bond acceptors (Lipinski definition) is 5. The molecular formula is C12H10BrN5O. The minimum absolute atomic E-state index is 0.449. The van der Waals surface area contributed by atoms with Gasteiger partial charge in [-0.3, -0.25) is 4.68 Å². The predicted octanol–water partition coefficient (Wildman–Crippen LogP) is 2.50. The van der Waals surface area contributed by atoms with Crippen molar-refractivity contribution in [1.82, 2.24) is 19.7 Å². The van der Waals surface area contributed by atoms with E-state index < -0.39 is 0 Å². The van der Waals surface area contributed by atoms with E-state index in [4.69, 9.17) is 10.5 Å². The molecule has 0 saturated heterocycles. The monoisotopic (exact) mass is 319 g/mol. The number of halogens is 1. The summed E-state index contributed by atoms with van der Waals surface area (Å²) in [4.78, 5) is 8.29. The average Bonchev–Trinajstić information content (AvgIpc) is 2.78. The number of aryl methyl sites for hydroxylation is 1. The summed E-state index contributed by atoms with van der Waals surface area (Å²) in [7, 11) is 1.82. The molecule has 3 aromatic rings. The number of benzene rings is 1. The van der Waals surface area contributed by atoms with Crippen molar-refractivity contribution in [2.75, 3.05) is 5.73 Å². The number of fused-ring (bicyclic) bond motifs is 1. The molecule has 0 atom stereocenters. The first kappa shape index (κ1) is 11.9. The standard InChI is InChI=1S/C12H10BrN5O/c1-18-11-7(5-17-18)12(16-6-15-11)19-9-4-2-3-8(14)10(9)13/h2-6H,14H2,1H3. The summed E-state index contributed by atoms with van der Waals surface area (Å²) in [6.07, 6.45) is 3.12. The first-order chi connectivity index (χ1) is 9.16. The van der Waals surface area contributed by atoms with Crippen molar-refractivity contribution >= 4 is 32.7 Å². The van der Waals surface area contributed by atoms with E-state index in [9.17, 15) is 0 Å². The van der Waals surface area contributed by atoms with Crippen LogP contribution in [-0.2, 0) is 7.05 Å². The summed E-state index contributed by atoms with van der Waals surface area (Å²) in [5.41, 5.74) is 7.13. The summed E-state index contributed by atoms with van der Waals surface area (Å²) in [6.45, 7) is 0.